The zero-order chi connectivity index (χ0) is 17.6. The summed E-state index contributed by atoms with van der Waals surface area (Å²) in [6.07, 6.45) is 10.0. The fourth-order valence-electron chi connectivity index (χ4n) is 2.24. The third-order valence-electron chi connectivity index (χ3n) is 3.21. The van der Waals surface area contributed by atoms with Crippen molar-refractivity contribution < 1.29 is 33.5 Å². The topological polar surface area (TPSA) is 40.5 Å². The Morgan fingerprint density at radius 1 is 0.889 bits per heavy atom. The zero-order valence-electron chi connectivity index (χ0n) is 15.3. The minimum Gasteiger partial charge on any atom is -0.126 e. The number of fused-ring (bicyclic) bond motifs is 3. The number of aliphatic hydroxyl groups excluding tert-OH is 2. The van der Waals surface area contributed by atoms with E-state index >= 15 is 0 Å². The van der Waals surface area contributed by atoms with E-state index in [1.165, 1.54) is 44.9 Å². The number of benzene rings is 2. The van der Waals surface area contributed by atoms with Crippen LogP contribution in [0.2, 0.25) is 0 Å². The number of halogens is 2. The quantitative estimate of drug-likeness (QED) is 0.369. The van der Waals surface area contributed by atoms with Gasteiger partial charge in [0, 0.05) is 0 Å². The molecule has 146 valence electrons. The summed E-state index contributed by atoms with van der Waals surface area (Å²) >= 11 is 1.36. The standard InChI is InChI=1S/C13H9.C5H5.C2H6O2.CH3.2ClH.Si.Zr/c1-3-7-12-10(5-1)9-11-6-2-4-8-13(11)12;1-2-4-5-3-1;3-1-2-4;;;;;/h1-9H;1-3H,4H2;3-4H,1-2H2;1H3;2*1H;;/q2*-1;;-1;;;;. The summed E-state index contributed by atoms with van der Waals surface area (Å²) in [7, 11) is 0. The maximum Gasteiger partial charge on any atom is -0.0771 e. The van der Waals surface area contributed by atoms with Crippen LogP contribution < -0.4 is 0 Å². The van der Waals surface area contributed by atoms with Crippen LogP contribution in [-0.4, -0.2) is 30.3 Å². The molecule has 6 heteroatoms. The molecule has 0 bridgehead atoms. The van der Waals surface area contributed by atoms with Gasteiger partial charge >= 0.3 is 30.2 Å². The number of aliphatic hydroxyl groups is 2. The number of hydrogen-bond donors (Lipinski definition) is 2. The minimum atomic E-state index is -0.125. The van der Waals surface area contributed by atoms with Crippen molar-refractivity contribution in [3.8, 4) is 0 Å². The number of allylic oxidation sites excluding steroid dienone is 4. The smallest absolute Gasteiger partial charge is 0.0771 e. The number of hydrogen-bond acceptors (Lipinski definition) is 2. The molecule has 2 N–H and O–H groups in total. The molecule has 2 radical (unpaired) electrons. The van der Waals surface area contributed by atoms with E-state index in [9.17, 15) is 0 Å². The Balaban J connectivity index is -0.000000353. The van der Waals surface area contributed by atoms with Crippen LogP contribution in [0.25, 0.3) is 21.5 Å². The van der Waals surface area contributed by atoms with E-state index in [2.05, 4.69) is 73.6 Å². The molecule has 0 amide bonds. The normalized spacial score (nSPS) is 9.81. The summed E-state index contributed by atoms with van der Waals surface area (Å²) in [5.41, 5.74) is 0. The Kier molecular flexibility index (Phi) is 23.2. The molecule has 0 atom stereocenters. The van der Waals surface area contributed by atoms with Gasteiger partial charge in [0.15, 0.2) is 0 Å². The van der Waals surface area contributed by atoms with Gasteiger partial charge in [-0.15, -0.1) is 71.0 Å². The van der Waals surface area contributed by atoms with Crippen LogP contribution >= 0.6 is 24.8 Å². The summed E-state index contributed by atoms with van der Waals surface area (Å²) in [5.74, 6) is 0. The van der Waals surface area contributed by atoms with Gasteiger partial charge in [-0.2, -0.15) is 6.08 Å². The second-order valence-corrected chi connectivity index (χ2v) is 4.77. The first-order chi connectivity index (χ1) is 11.9. The van der Waals surface area contributed by atoms with E-state index in [4.69, 9.17) is 10.2 Å². The van der Waals surface area contributed by atoms with Gasteiger partial charge in [0.2, 0.25) is 0 Å². The summed E-state index contributed by atoms with van der Waals surface area (Å²) in [4.78, 5) is 0. The molecule has 4 rings (SSSR count). The molecule has 1 aliphatic rings. The van der Waals surface area contributed by atoms with E-state index in [1.807, 2.05) is 12.2 Å². The molecule has 0 aromatic heterocycles. The zero-order valence-corrected chi connectivity index (χ0v) is 20.4. The third kappa shape index (κ3) is 11.1. The first-order valence-corrected chi connectivity index (χ1v) is 11.8. The van der Waals surface area contributed by atoms with E-state index < -0.39 is 0 Å². The molecule has 3 aromatic rings. The summed E-state index contributed by atoms with van der Waals surface area (Å²) in [6, 6.07) is 19.3. The van der Waals surface area contributed by atoms with Crippen LogP contribution in [0.3, 0.4) is 0 Å². The molecule has 0 heterocycles. The van der Waals surface area contributed by atoms with Crippen LogP contribution in [0.4, 0.5) is 0 Å². The second-order valence-electron chi connectivity index (χ2n) is 4.77. The Morgan fingerprint density at radius 3 is 1.63 bits per heavy atom. The molecule has 3 aromatic carbocycles. The maximum absolute atomic E-state index is 7.62. The van der Waals surface area contributed by atoms with Crippen LogP contribution in [0.5, 0.6) is 0 Å². The average Bonchev–Trinajstić information content (AvgIpc) is 3.35. The van der Waals surface area contributed by atoms with Gasteiger partial charge in [-0.05, 0) is 0 Å². The van der Waals surface area contributed by atoms with Gasteiger partial charge in [0.1, 0.15) is 0 Å². The van der Waals surface area contributed by atoms with Crippen LogP contribution in [0, 0.1) is 13.5 Å². The molecule has 0 aliphatic heterocycles. The molecular formula is C21H25Cl2O2SiZr-3. The van der Waals surface area contributed by atoms with Gasteiger partial charge in [0.05, 0.1) is 13.2 Å². The van der Waals surface area contributed by atoms with Crippen molar-refractivity contribution in [1.29, 1.82) is 0 Å². The van der Waals surface area contributed by atoms with Crippen LogP contribution in [0.15, 0.2) is 72.8 Å². The monoisotopic (exact) mass is 497 g/mol. The first kappa shape index (κ1) is 31.1. The van der Waals surface area contributed by atoms with Gasteiger partial charge in [0.25, 0.3) is 0 Å². The minimum absolute atomic E-state index is 0. The molecule has 0 saturated carbocycles. The maximum atomic E-state index is 7.62. The molecule has 0 saturated heterocycles. The molecule has 0 unspecified atom stereocenters. The predicted octanol–water partition coefficient (Wildman–Crippen LogP) is 4.90. The fourth-order valence-corrected chi connectivity index (χ4v) is 2.24. The summed E-state index contributed by atoms with van der Waals surface area (Å²) < 4.78 is 0. The second kappa shape index (κ2) is 20.1. The van der Waals surface area contributed by atoms with Crippen molar-refractivity contribution in [2.45, 2.75) is 6.42 Å². The van der Waals surface area contributed by atoms with Crippen molar-refractivity contribution in [3.05, 3.63) is 86.3 Å². The van der Waals surface area contributed by atoms with E-state index in [0.29, 0.717) is 0 Å². The van der Waals surface area contributed by atoms with Crippen molar-refractivity contribution in [1.82, 2.24) is 0 Å². The fraction of sp³-hybridized carbons (Fsp3) is 0.143. The molecule has 27 heavy (non-hydrogen) atoms. The van der Waals surface area contributed by atoms with Crippen molar-refractivity contribution in [2.75, 3.05) is 13.2 Å². The van der Waals surface area contributed by atoms with Crippen LogP contribution in [-0.2, 0) is 23.3 Å². The Hall–Kier alpha value is -0.610. The van der Waals surface area contributed by atoms with Crippen LogP contribution in [0.1, 0.15) is 6.42 Å². The summed E-state index contributed by atoms with van der Waals surface area (Å²) in [6.45, 7) is 2.81. The van der Waals surface area contributed by atoms with Crippen molar-refractivity contribution in [2.24, 2.45) is 0 Å². The van der Waals surface area contributed by atoms with E-state index in [1.54, 1.807) is 0 Å². The van der Waals surface area contributed by atoms with Gasteiger partial charge in [-0.3, -0.25) is 6.08 Å². The molecule has 1 aliphatic carbocycles. The van der Waals surface area contributed by atoms with Crippen molar-refractivity contribution >= 4 is 53.2 Å². The molecule has 2 nitrogen and oxygen atoms in total. The molecular weight excluding hydrogens is 474 g/mol. The van der Waals surface area contributed by atoms with Gasteiger partial charge in [-0.25, -0.2) is 12.2 Å². The first-order valence-electron chi connectivity index (χ1n) is 7.58. The van der Waals surface area contributed by atoms with E-state index in [-0.39, 0.29) is 45.5 Å². The largest absolute Gasteiger partial charge is 0.126 e. The average molecular weight is 500 g/mol. The van der Waals surface area contributed by atoms with Gasteiger partial charge < -0.3 is 17.6 Å². The predicted molar refractivity (Wildman–Crippen MR) is 119 cm³/mol. The molecule has 0 spiro atoms. The Labute approximate surface area is 191 Å². The Bertz CT molecular complexity index is 726. The van der Waals surface area contributed by atoms with E-state index in [0.717, 1.165) is 6.42 Å². The van der Waals surface area contributed by atoms with Crippen molar-refractivity contribution in [3.63, 3.8) is 0 Å². The third-order valence-corrected chi connectivity index (χ3v) is 3.21. The molecule has 0 fully saturated rings. The SMILES string of the molecule is Cl.Cl.OCCO.[C-]1=CC=CC1.[CH3-].[Si]=[Zr].c1ccc2c(c1)[cH-]c1ccccc12. The Morgan fingerprint density at radius 2 is 1.33 bits per heavy atom. The number of rotatable bonds is 1. The van der Waals surface area contributed by atoms with Gasteiger partial charge in [-0.1, -0.05) is 36.4 Å². The summed E-state index contributed by atoms with van der Waals surface area (Å²) in [5, 5.41) is 20.6.